The van der Waals surface area contributed by atoms with E-state index in [2.05, 4.69) is 12.0 Å². The zero-order chi connectivity index (χ0) is 12.4. The van der Waals surface area contributed by atoms with E-state index in [1.165, 1.54) is 11.3 Å². The van der Waals surface area contributed by atoms with Crippen LogP contribution in [0.4, 0.5) is 0 Å². The predicted octanol–water partition coefficient (Wildman–Crippen LogP) is 1.59. The van der Waals surface area contributed by atoms with Crippen molar-refractivity contribution in [1.82, 2.24) is 14.7 Å². The van der Waals surface area contributed by atoms with Crippen molar-refractivity contribution in [2.75, 3.05) is 13.1 Å². The number of rotatable bonds is 3. The molecule has 0 aromatic carbocycles. The van der Waals surface area contributed by atoms with Crippen LogP contribution in [0, 0.1) is 13.8 Å². The Hall–Kier alpha value is -1.32. The lowest BCUT2D eigenvalue weighted by atomic mass is 10.1. The average Bonchev–Trinajstić information content (AvgIpc) is 2.88. The summed E-state index contributed by atoms with van der Waals surface area (Å²) in [4.78, 5) is 13.9. The second-order valence-electron chi connectivity index (χ2n) is 4.86. The summed E-state index contributed by atoms with van der Waals surface area (Å²) in [5.41, 5.74) is 3.47. The molecule has 0 radical (unpaired) electrons. The Morgan fingerprint density at radius 3 is 2.47 bits per heavy atom. The molecule has 2 rings (SSSR count). The largest absolute Gasteiger partial charge is 0.343 e. The van der Waals surface area contributed by atoms with Crippen LogP contribution in [-0.4, -0.2) is 33.7 Å². The molecule has 17 heavy (non-hydrogen) atoms. The van der Waals surface area contributed by atoms with E-state index in [4.69, 9.17) is 0 Å². The number of aromatic nitrogens is 2. The van der Waals surface area contributed by atoms with Gasteiger partial charge >= 0.3 is 0 Å². The zero-order valence-corrected chi connectivity index (χ0v) is 11.0. The standard InChI is InChI=1S/C13H21N3O/c1-10-12(11(2)15(3)14-10)6-7-13(17)16-8-4-5-9-16/h4-9H2,1-3H3. The number of carbonyl (C=O) groups is 1. The van der Waals surface area contributed by atoms with Gasteiger partial charge in [0.15, 0.2) is 0 Å². The molecule has 0 bridgehead atoms. The van der Waals surface area contributed by atoms with Crippen LogP contribution >= 0.6 is 0 Å². The maximum atomic E-state index is 11.9. The van der Waals surface area contributed by atoms with Gasteiger partial charge in [-0.2, -0.15) is 5.10 Å². The van der Waals surface area contributed by atoms with Crippen LogP contribution in [0.1, 0.15) is 36.2 Å². The maximum Gasteiger partial charge on any atom is 0.222 e. The molecule has 1 aliphatic heterocycles. The topological polar surface area (TPSA) is 38.1 Å². The van der Waals surface area contributed by atoms with E-state index in [0.29, 0.717) is 12.3 Å². The fourth-order valence-corrected chi connectivity index (χ4v) is 2.54. The van der Waals surface area contributed by atoms with Gasteiger partial charge in [0.2, 0.25) is 5.91 Å². The Morgan fingerprint density at radius 1 is 1.29 bits per heavy atom. The SMILES string of the molecule is Cc1nn(C)c(C)c1CCC(=O)N1CCCC1. The molecule has 4 nitrogen and oxygen atoms in total. The van der Waals surface area contributed by atoms with E-state index >= 15 is 0 Å². The van der Waals surface area contributed by atoms with Gasteiger partial charge in [-0.1, -0.05) is 0 Å². The molecule has 0 saturated carbocycles. The number of carbonyl (C=O) groups excluding carboxylic acids is 1. The van der Waals surface area contributed by atoms with Gasteiger partial charge in [0.25, 0.3) is 0 Å². The molecule has 1 fully saturated rings. The van der Waals surface area contributed by atoms with Crippen molar-refractivity contribution in [3.63, 3.8) is 0 Å². The number of nitrogens with zero attached hydrogens (tertiary/aromatic N) is 3. The normalized spacial score (nSPS) is 15.6. The fraction of sp³-hybridized carbons (Fsp3) is 0.692. The minimum atomic E-state index is 0.296. The van der Waals surface area contributed by atoms with Crippen LogP contribution in [0.5, 0.6) is 0 Å². The first-order valence-corrected chi connectivity index (χ1v) is 6.36. The summed E-state index contributed by atoms with van der Waals surface area (Å²) in [6.07, 6.45) is 3.77. The van der Waals surface area contributed by atoms with E-state index < -0.39 is 0 Å². The molecule has 4 heteroatoms. The average molecular weight is 235 g/mol. The lowest BCUT2D eigenvalue weighted by molar-refractivity contribution is -0.130. The molecule has 1 amide bonds. The van der Waals surface area contributed by atoms with Crippen molar-refractivity contribution in [3.05, 3.63) is 17.0 Å². The molecule has 0 N–H and O–H groups in total. The van der Waals surface area contributed by atoms with Gasteiger partial charge in [-0.3, -0.25) is 9.48 Å². The summed E-state index contributed by atoms with van der Waals surface area (Å²) < 4.78 is 1.89. The summed E-state index contributed by atoms with van der Waals surface area (Å²) in [7, 11) is 1.95. The highest BCUT2D eigenvalue weighted by molar-refractivity contribution is 5.76. The van der Waals surface area contributed by atoms with Gasteiger partial charge in [0.1, 0.15) is 0 Å². The van der Waals surface area contributed by atoms with Crippen LogP contribution in [0.25, 0.3) is 0 Å². The summed E-state index contributed by atoms with van der Waals surface area (Å²) >= 11 is 0. The van der Waals surface area contributed by atoms with Gasteiger partial charge in [-0.25, -0.2) is 0 Å². The third-order valence-corrected chi connectivity index (χ3v) is 3.71. The molecule has 1 aromatic rings. The van der Waals surface area contributed by atoms with E-state index in [1.807, 2.05) is 23.6 Å². The predicted molar refractivity (Wildman–Crippen MR) is 66.8 cm³/mol. The Balaban J connectivity index is 1.95. The summed E-state index contributed by atoms with van der Waals surface area (Å²) in [6, 6.07) is 0. The lowest BCUT2D eigenvalue weighted by Gasteiger charge is -2.14. The van der Waals surface area contributed by atoms with Crippen molar-refractivity contribution in [2.24, 2.45) is 7.05 Å². The molecule has 2 heterocycles. The minimum Gasteiger partial charge on any atom is -0.343 e. The zero-order valence-electron chi connectivity index (χ0n) is 11.0. The minimum absolute atomic E-state index is 0.296. The number of amides is 1. The van der Waals surface area contributed by atoms with Gasteiger partial charge < -0.3 is 4.90 Å². The van der Waals surface area contributed by atoms with E-state index in [-0.39, 0.29) is 0 Å². The third-order valence-electron chi connectivity index (χ3n) is 3.71. The molecule has 0 spiro atoms. The quantitative estimate of drug-likeness (QED) is 0.798. The molecule has 94 valence electrons. The van der Waals surface area contributed by atoms with Crippen LogP contribution in [0.2, 0.25) is 0 Å². The highest BCUT2D eigenvalue weighted by Crippen LogP contribution is 2.16. The van der Waals surface area contributed by atoms with Crippen LogP contribution in [-0.2, 0) is 18.3 Å². The van der Waals surface area contributed by atoms with Crippen LogP contribution in [0.3, 0.4) is 0 Å². The monoisotopic (exact) mass is 235 g/mol. The summed E-state index contributed by atoms with van der Waals surface area (Å²) in [6.45, 7) is 5.98. The van der Waals surface area contributed by atoms with E-state index in [1.54, 1.807) is 0 Å². The van der Waals surface area contributed by atoms with E-state index in [9.17, 15) is 4.79 Å². The Morgan fingerprint density at radius 2 is 1.94 bits per heavy atom. The second-order valence-corrected chi connectivity index (χ2v) is 4.86. The fourth-order valence-electron chi connectivity index (χ4n) is 2.54. The molecule has 0 aliphatic carbocycles. The number of likely N-dealkylation sites (tertiary alicyclic amines) is 1. The third kappa shape index (κ3) is 2.51. The molecule has 1 aromatic heterocycles. The Bertz CT molecular complexity index is 417. The highest BCUT2D eigenvalue weighted by Gasteiger charge is 2.18. The Kier molecular flexibility index (Phi) is 3.50. The van der Waals surface area contributed by atoms with Gasteiger partial charge in [0.05, 0.1) is 5.69 Å². The number of hydrogen-bond acceptors (Lipinski definition) is 2. The summed E-state index contributed by atoms with van der Waals surface area (Å²) in [5, 5.41) is 4.38. The van der Waals surface area contributed by atoms with Crippen molar-refractivity contribution < 1.29 is 4.79 Å². The molecular weight excluding hydrogens is 214 g/mol. The van der Waals surface area contributed by atoms with Crippen molar-refractivity contribution in [1.29, 1.82) is 0 Å². The van der Waals surface area contributed by atoms with Crippen molar-refractivity contribution in [3.8, 4) is 0 Å². The van der Waals surface area contributed by atoms with Crippen molar-refractivity contribution >= 4 is 5.91 Å². The second kappa shape index (κ2) is 4.90. The smallest absolute Gasteiger partial charge is 0.222 e. The molecule has 0 atom stereocenters. The van der Waals surface area contributed by atoms with Gasteiger partial charge in [-0.05, 0) is 38.7 Å². The first-order valence-electron chi connectivity index (χ1n) is 6.36. The molecule has 1 saturated heterocycles. The van der Waals surface area contributed by atoms with Crippen LogP contribution in [0.15, 0.2) is 0 Å². The first-order chi connectivity index (χ1) is 8.09. The van der Waals surface area contributed by atoms with Gasteiger partial charge in [-0.15, -0.1) is 0 Å². The number of aryl methyl sites for hydroxylation is 2. The lowest BCUT2D eigenvalue weighted by Crippen LogP contribution is -2.27. The Labute approximate surface area is 103 Å². The van der Waals surface area contributed by atoms with E-state index in [0.717, 1.165) is 38.0 Å². The highest BCUT2D eigenvalue weighted by atomic mass is 16.2. The number of hydrogen-bond donors (Lipinski definition) is 0. The van der Waals surface area contributed by atoms with Crippen molar-refractivity contribution in [2.45, 2.75) is 39.5 Å². The maximum absolute atomic E-state index is 11.9. The molecular formula is C13H21N3O. The molecule has 0 unspecified atom stereocenters. The molecule has 1 aliphatic rings. The van der Waals surface area contributed by atoms with Crippen LogP contribution < -0.4 is 0 Å². The first kappa shape index (κ1) is 12.1. The summed E-state index contributed by atoms with van der Waals surface area (Å²) in [5.74, 6) is 0.296. The van der Waals surface area contributed by atoms with Gasteiger partial charge in [0, 0.05) is 32.3 Å².